The number of hydrogen-bond donors (Lipinski definition) is 1. The minimum absolute atomic E-state index is 0.0228. The molecule has 5 nitrogen and oxygen atoms in total. The normalized spacial score (nSPS) is 14.3. The summed E-state index contributed by atoms with van der Waals surface area (Å²) in [5.41, 5.74) is 4.81. The summed E-state index contributed by atoms with van der Waals surface area (Å²) in [5.74, 6) is 0.870. The maximum atomic E-state index is 14.5. The van der Waals surface area contributed by atoms with Crippen molar-refractivity contribution in [1.29, 1.82) is 0 Å². The van der Waals surface area contributed by atoms with Crippen LogP contribution in [0.1, 0.15) is 152 Å². The molecular formula is C51H57F3NO4PS2. The molecule has 7 rings (SSSR count). The second kappa shape index (κ2) is 16.7. The molecule has 0 aromatic heterocycles. The predicted octanol–water partition coefficient (Wildman–Crippen LogP) is 16.2. The zero-order chi connectivity index (χ0) is 45.4. The molecule has 0 unspecified atom stereocenters. The van der Waals surface area contributed by atoms with Crippen LogP contribution in [0.15, 0.2) is 84.9 Å². The van der Waals surface area contributed by atoms with E-state index in [0.29, 0.717) is 22.3 Å². The summed E-state index contributed by atoms with van der Waals surface area (Å²) in [4.78, 5) is 0. The van der Waals surface area contributed by atoms with Gasteiger partial charge in [-0.25, -0.2) is 8.42 Å². The molecule has 0 bridgehead atoms. The van der Waals surface area contributed by atoms with E-state index in [0.717, 1.165) is 66.1 Å². The van der Waals surface area contributed by atoms with Crippen molar-refractivity contribution >= 4 is 50.0 Å². The van der Waals surface area contributed by atoms with Gasteiger partial charge in [0.05, 0.1) is 0 Å². The fourth-order valence-corrected chi connectivity index (χ4v) is 12.9. The Morgan fingerprint density at radius 3 is 1.13 bits per heavy atom. The zero-order valence-corrected chi connectivity index (χ0v) is 40.1. The Labute approximate surface area is 370 Å². The Balaban J connectivity index is 1.78. The van der Waals surface area contributed by atoms with Crippen LogP contribution in [0.3, 0.4) is 0 Å². The molecule has 1 N–H and O–H groups in total. The van der Waals surface area contributed by atoms with E-state index in [1.807, 2.05) is 65.2 Å². The van der Waals surface area contributed by atoms with Crippen LogP contribution in [-0.4, -0.2) is 13.9 Å². The molecule has 0 spiro atoms. The Hall–Kier alpha value is -4.21. The average Bonchev–Trinajstić information content (AvgIpc) is 3.32. The first-order valence-corrected chi connectivity index (χ1v) is 25.6. The maximum absolute atomic E-state index is 14.5. The highest BCUT2D eigenvalue weighted by Gasteiger charge is 2.51. The number of nitrogens with one attached hydrogen (secondary N) is 1. The van der Waals surface area contributed by atoms with Crippen molar-refractivity contribution in [2.75, 3.05) is 0 Å². The van der Waals surface area contributed by atoms with Gasteiger partial charge in [-0.2, -0.15) is 13.2 Å². The second-order valence-corrected chi connectivity index (χ2v) is 23.5. The van der Waals surface area contributed by atoms with Crippen LogP contribution >= 0.6 is 6.64 Å². The van der Waals surface area contributed by atoms with Crippen LogP contribution in [0.25, 0.3) is 54.9 Å². The Bertz CT molecular complexity index is 2670. The lowest BCUT2D eigenvalue weighted by Crippen LogP contribution is -2.36. The molecule has 328 valence electrons. The summed E-state index contributed by atoms with van der Waals surface area (Å²) in [6, 6.07) is 28.5. The molecule has 1 aliphatic heterocycles. The fraction of sp³-hybridized carbons (Fsp3) is 0.373. The highest BCUT2D eigenvalue weighted by Crippen LogP contribution is 2.63. The van der Waals surface area contributed by atoms with Gasteiger partial charge in [0.2, 0.25) is 0 Å². The van der Waals surface area contributed by atoms with Gasteiger partial charge >= 0.3 is 22.2 Å². The zero-order valence-electron chi connectivity index (χ0n) is 37.6. The lowest BCUT2D eigenvalue weighted by molar-refractivity contribution is -0.0442. The van der Waals surface area contributed by atoms with Crippen LogP contribution in [-0.2, 0) is 21.8 Å². The van der Waals surface area contributed by atoms with E-state index < -0.39 is 22.2 Å². The van der Waals surface area contributed by atoms with Crippen molar-refractivity contribution < 1.29 is 30.6 Å². The molecule has 0 aliphatic carbocycles. The van der Waals surface area contributed by atoms with Gasteiger partial charge in [0.15, 0.2) is 0 Å². The van der Waals surface area contributed by atoms with Gasteiger partial charge in [0.25, 0.3) is 0 Å². The lowest BCUT2D eigenvalue weighted by atomic mass is 9.78. The number of benzene rings is 6. The van der Waals surface area contributed by atoms with Gasteiger partial charge in [-0.1, -0.05) is 156 Å². The molecule has 0 atom stereocenters. The van der Waals surface area contributed by atoms with E-state index in [2.05, 4.69) is 107 Å². The van der Waals surface area contributed by atoms with Crippen LogP contribution in [0.5, 0.6) is 11.5 Å². The standard InChI is InChI=1S/C51H57F3NO4PS2/c1-27(2)35-23-39(29(5)6)45(40(24-35)30(7)8)43-21-33-17-13-15-19-37(33)47-48-38-20-16-14-18-34(38)22-44(46-41(31(9)10)25-36(28(3)4)26-42(46)32(11)12)50(48)59-60(61,58-49(43)47)55-62(56,57)51(52,53)54/h13-32H,1-12H3,(H,55,61). The summed E-state index contributed by atoms with van der Waals surface area (Å²) in [6.45, 7) is 20.9. The molecule has 0 saturated heterocycles. The van der Waals surface area contributed by atoms with Crippen LogP contribution < -0.4 is 13.5 Å². The minimum atomic E-state index is -6.09. The van der Waals surface area contributed by atoms with Crippen molar-refractivity contribution in [1.82, 2.24) is 4.49 Å². The third-order valence-corrected chi connectivity index (χ3v) is 16.4. The molecule has 0 fully saturated rings. The van der Waals surface area contributed by atoms with Crippen LogP contribution in [0.4, 0.5) is 13.2 Å². The Morgan fingerprint density at radius 2 is 0.839 bits per heavy atom. The minimum Gasteiger partial charge on any atom is -0.423 e. The van der Waals surface area contributed by atoms with E-state index in [1.54, 1.807) is 0 Å². The molecule has 62 heavy (non-hydrogen) atoms. The van der Waals surface area contributed by atoms with Crippen molar-refractivity contribution in [3.8, 4) is 44.9 Å². The molecule has 1 aliphatic rings. The molecule has 0 amide bonds. The summed E-state index contributed by atoms with van der Waals surface area (Å²) in [6.07, 6.45) is 0. The number of alkyl halides is 3. The highest BCUT2D eigenvalue weighted by molar-refractivity contribution is 8.14. The van der Waals surface area contributed by atoms with E-state index in [-0.39, 0.29) is 47.0 Å². The van der Waals surface area contributed by atoms with Crippen molar-refractivity contribution in [3.63, 3.8) is 0 Å². The van der Waals surface area contributed by atoms with Crippen molar-refractivity contribution in [2.24, 2.45) is 0 Å². The van der Waals surface area contributed by atoms with E-state index in [9.17, 15) is 21.6 Å². The van der Waals surface area contributed by atoms with E-state index in [4.69, 9.17) is 20.9 Å². The first-order valence-electron chi connectivity index (χ1n) is 21.5. The third-order valence-electron chi connectivity index (χ3n) is 12.0. The summed E-state index contributed by atoms with van der Waals surface area (Å²) >= 11 is 6.10. The van der Waals surface area contributed by atoms with Gasteiger partial charge in [-0.05, 0) is 114 Å². The van der Waals surface area contributed by atoms with Crippen LogP contribution in [0.2, 0.25) is 0 Å². The van der Waals surface area contributed by atoms with Gasteiger partial charge in [-0.3, -0.25) is 0 Å². The van der Waals surface area contributed by atoms with Gasteiger partial charge in [0, 0.05) is 34.1 Å². The largest absolute Gasteiger partial charge is 0.511 e. The first kappa shape index (κ1) is 45.8. The molecular weight excluding hydrogens is 843 g/mol. The Morgan fingerprint density at radius 1 is 0.516 bits per heavy atom. The smallest absolute Gasteiger partial charge is 0.423 e. The molecule has 1 heterocycles. The highest BCUT2D eigenvalue weighted by atomic mass is 32.5. The number of hydrogen-bond acceptors (Lipinski definition) is 5. The monoisotopic (exact) mass is 899 g/mol. The SMILES string of the molecule is CC(C)c1cc(C(C)C)c(-c2cc3ccccc3c3c2OP(=S)(NS(=O)(=O)C(F)(F)F)Oc2c(-c4c(C(C)C)cc(C(C)C)cc4C(C)C)cc4ccccc4c2-3)c(C(C)C)c1. The molecule has 0 radical (unpaired) electrons. The third kappa shape index (κ3) is 8.21. The lowest BCUT2D eigenvalue weighted by Gasteiger charge is -2.28. The molecule has 0 saturated carbocycles. The van der Waals surface area contributed by atoms with Crippen LogP contribution in [0, 0.1) is 0 Å². The number of sulfonamides is 1. The Kier molecular flexibility index (Phi) is 12.4. The molecule has 6 aromatic rings. The number of halogens is 3. The summed E-state index contributed by atoms with van der Waals surface area (Å²) in [7, 11) is -6.09. The average molecular weight is 900 g/mol. The predicted molar refractivity (Wildman–Crippen MR) is 256 cm³/mol. The summed E-state index contributed by atoms with van der Waals surface area (Å²) < 4.78 is 85.8. The van der Waals surface area contributed by atoms with Crippen molar-refractivity contribution in [2.45, 2.75) is 124 Å². The number of fused-ring (bicyclic) bond motifs is 7. The van der Waals surface area contributed by atoms with E-state index in [1.165, 1.54) is 0 Å². The molecule has 11 heteroatoms. The van der Waals surface area contributed by atoms with Gasteiger partial charge in [0.1, 0.15) is 11.5 Å². The maximum Gasteiger partial charge on any atom is 0.511 e. The first-order chi connectivity index (χ1) is 28.9. The summed E-state index contributed by atoms with van der Waals surface area (Å²) in [5, 5.41) is 3.22. The quantitative estimate of drug-likeness (QED) is 0.139. The topological polar surface area (TPSA) is 64.6 Å². The van der Waals surface area contributed by atoms with Gasteiger partial charge < -0.3 is 9.05 Å². The van der Waals surface area contributed by atoms with Gasteiger partial charge in [-0.15, -0.1) is 4.49 Å². The second-order valence-electron chi connectivity index (χ2n) is 18.5. The van der Waals surface area contributed by atoms with E-state index >= 15 is 0 Å². The van der Waals surface area contributed by atoms with Crippen molar-refractivity contribution in [3.05, 3.63) is 118 Å². The molecule has 6 aromatic carbocycles. The number of rotatable bonds is 10. The fourth-order valence-electron chi connectivity index (χ4n) is 8.74.